The van der Waals surface area contributed by atoms with Crippen molar-refractivity contribution in [3.05, 3.63) is 101 Å². The summed E-state index contributed by atoms with van der Waals surface area (Å²) in [4.78, 5) is 28.7. The largest absolute Gasteiger partial charge is 0.394 e. The van der Waals surface area contributed by atoms with Crippen LogP contribution in [0.2, 0.25) is 0 Å². The van der Waals surface area contributed by atoms with Gasteiger partial charge in [0.1, 0.15) is 18.2 Å². The summed E-state index contributed by atoms with van der Waals surface area (Å²) >= 11 is 0. The highest BCUT2D eigenvalue weighted by molar-refractivity contribution is 5.93. The number of fused-ring (bicyclic) bond motifs is 1. The summed E-state index contributed by atoms with van der Waals surface area (Å²) < 4.78 is 26.2. The lowest BCUT2D eigenvalue weighted by Gasteiger charge is -2.58. The first-order valence-corrected chi connectivity index (χ1v) is 11.5. The molecule has 8 heteroatoms. The van der Waals surface area contributed by atoms with Crippen molar-refractivity contribution in [2.75, 3.05) is 25.0 Å². The maximum absolute atomic E-state index is 13.2. The smallest absolute Gasteiger partial charge is 0.322 e. The second-order valence-electron chi connectivity index (χ2n) is 8.84. The number of hydrogen-bond acceptors (Lipinski definition) is 3. The van der Waals surface area contributed by atoms with E-state index in [1.54, 1.807) is 17.0 Å². The van der Waals surface area contributed by atoms with Gasteiger partial charge in [0, 0.05) is 29.3 Å². The number of benzene rings is 3. The highest BCUT2D eigenvalue weighted by atomic mass is 19.1. The molecule has 2 saturated heterocycles. The van der Waals surface area contributed by atoms with Gasteiger partial charge >= 0.3 is 6.03 Å². The number of urea groups is 1. The minimum Gasteiger partial charge on any atom is -0.394 e. The molecule has 2 N–H and O–H groups in total. The lowest BCUT2D eigenvalue weighted by Crippen LogP contribution is -2.73. The number of piperazine rings is 1. The van der Waals surface area contributed by atoms with Crippen LogP contribution in [0.5, 0.6) is 0 Å². The van der Waals surface area contributed by atoms with Crippen LogP contribution >= 0.6 is 0 Å². The molecule has 2 aliphatic heterocycles. The Morgan fingerprint density at radius 2 is 1.47 bits per heavy atom. The summed E-state index contributed by atoms with van der Waals surface area (Å²) in [6.07, 6.45) is 0. The minimum absolute atomic E-state index is 0.0926. The molecular formula is C28H23F2N3O3. The molecule has 36 heavy (non-hydrogen) atoms. The molecule has 0 bridgehead atoms. The molecule has 3 amide bonds. The number of aliphatic hydroxyl groups is 1. The molecular weight excluding hydrogens is 464 g/mol. The molecule has 2 fully saturated rings. The first-order valence-electron chi connectivity index (χ1n) is 11.5. The van der Waals surface area contributed by atoms with Crippen molar-refractivity contribution in [2.24, 2.45) is 0 Å². The van der Waals surface area contributed by atoms with Crippen LogP contribution in [0.3, 0.4) is 0 Å². The van der Waals surface area contributed by atoms with Gasteiger partial charge in [0.25, 0.3) is 0 Å². The predicted molar refractivity (Wildman–Crippen MR) is 130 cm³/mol. The average molecular weight is 488 g/mol. The number of carbonyl (C=O) groups is 2. The van der Waals surface area contributed by atoms with Gasteiger partial charge in [-0.25, -0.2) is 13.6 Å². The van der Waals surface area contributed by atoms with Crippen LogP contribution in [0.4, 0.5) is 19.3 Å². The second-order valence-corrected chi connectivity index (χ2v) is 8.84. The van der Waals surface area contributed by atoms with Gasteiger partial charge in [-0.3, -0.25) is 4.79 Å². The number of hydrogen-bond donors (Lipinski definition) is 2. The number of carbonyl (C=O) groups excluding carboxylic acids is 2. The molecule has 3 atom stereocenters. The van der Waals surface area contributed by atoms with Gasteiger partial charge in [0.2, 0.25) is 5.91 Å². The molecule has 0 aromatic heterocycles. The predicted octanol–water partition coefficient (Wildman–Crippen LogP) is 3.57. The SMILES string of the molecule is O=C(Nc1ccc(F)cc1)N1CC(=O)N2[C@H](CO)[C@@H](c3ccc(C#Cc4ccc(F)cc4)cc3)[C@H]2C1. The van der Waals surface area contributed by atoms with E-state index in [9.17, 15) is 23.5 Å². The maximum Gasteiger partial charge on any atom is 0.322 e. The highest BCUT2D eigenvalue weighted by Gasteiger charge is 2.54. The third-order valence-corrected chi connectivity index (χ3v) is 6.63. The maximum atomic E-state index is 13.2. The molecule has 3 aromatic rings. The number of nitrogens with zero attached hydrogens (tertiary/aromatic N) is 2. The van der Waals surface area contributed by atoms with Crippen molar-refractivity contribution in [3.63, 3.8) is 0 Å². The van der Waals surface area contributed by atoms with Crippen molar-refractivity contribution >= 4 is 17.6 Å². The van der Waals surface area contributed by atoms with Crippen molar-refractivity contribution < 1.29 is 23.5 Å². The Bertz CT molecular complexity index is 1330. The zero-order valence-corrected chi connectivity index (χ0v) is 19.2. The number of halogens is 2. The molecule has 2 aliphatic rings. The molecule has 2 heterocycles. The van der Waals surface area contributed by atoms with Crippen molar-refractivity contribution in [2.45, 2.75) is 18.0 Å². The molecule has 5 rings (SSSR count). The molecule has 182 valence electrons. The summed E-state index contributed by atoms with van der Waals surface area (Å²) in [7, 11) is 0. The highest BCUT2D eigenvalue weighted by Crippen LogP contribution is 2.43. The monoisotopic (exact) mass is 487 g/mol. The number of amides is 3. The number of nitrogens with one attached hydrogen (secondary N) is 1. The summed E-state index contributed by atoms with van der Waals surface area (Å²) in [5.74, 6) is 4.96. The number of rotatable bonds is 3. The van der Waals surface area contributed by atoms with E-state index in [4.69, 9.17) is 0 Å². The molecule has 0 spiro atoms. The van der Waals surface area contributed by atoms with Crippen LogP contribution in [0.15, 0.2) is 72.8 Å². The van der Waals surface area contributed by atoms with Gasteiger partial charge in [-0.15, -0.1) is 0 Å². The Balaban J connectivity index is 1.30. The average Bonchev–Trinajstić information content (AvgIpc) is 2.87. The van der Waals surface area contributed by atoms with E-state index in [0.717, 1.165) is 11.1 Å². The van der Waals surface area contributed by atoms with Crippen LogP contribution in [-0.2, 0) is 4.79 Å². The molecule has 3 aromatic carbocycles. The van der Waals surface area contributed by atoms with Crippen LogP contribution in [0.25, 0.3) is 0 Å². The minimum atomic E-state index is -0.438. The van der Waals surface area contributed by atoms with E-state index in [1.165, 1.54) is 41.3 Å². The normalized spacial score (nSPS) is 20.6. The Kier molecular flexibility index (Phi) is 6.40. The third-order valence-electron chi connectivity index (χ3n) is 6.63. The van der Waals surface area contributed by atoms with Gasteiger partial charge in [-0.05, 0) is 66.2 Å². The van der Waals surface area contributed by atoms with Crippen LogP contribution in [0, 0.1) is 23.5 Å². The summed E-state index contributed by atoms with van der Waals surface area (Å²) in [5, 5.41) is 12.7. The topological polar surface area (TPSA) is 72.9 Å². The lowest BCUT2D eigenvalue weighted by molar-refractivity contribution is -0.159. The fourth-order valence-corrected chi connectivity index (χ4v) is 4.86. The first-order chi connectivity index (χ1) is 17.4. The quantitative estimate of drug-likeness (QED) is 0.555. The molecule has 0 unspecified atom stereocenters. The summed E-state index contributed by atoms with van der Waals surface area (Å²) in [5.41, 5.74) is 2.86. The van der Waals surface area contributed by atoms with Crippen LogP contribution < -0.4 is 5.32 Å². The zero-order valence-electron chi connectivity index (χ0n) is 19.2. The molecule has 0 aliphatic carbocycles. The molecule has 6 nitrogen and oxygen atoms in total. The van der Waals surface area contributed by atoms with Crippen molar-refractivity contribution in [1.82, 2.24) is 9.80 Å². The van der Waals surface area contributed by atoms with E-state index in [-0.39, 0.29) is 42.9 Å². The number of anilines is 1. The fourth-order valence-electron chi connectivity index (χ4n) is 4.86. The van der Waals surface area contributed by atoms with Gasteiger partial charge in [-0.2, -0.15) is 0 Å². The Morgan fingerprint density at radius 3 is 2.06 bits per heavy atom. The van der Waals surface area contributed by atoms with Gasteiger partial charge in [0.15, 0.2) is 0 Å². The standard InChI is InChI=1S/C28H23F2N3O3/c29-21-9-5-19(6-10-21)2-1-18-3-7-20(8-4-18)27-24-15-32(16-26(35)33(24)25(27)17-34)28(36)31-23-13-11-22(30)12-14-23/h3-14,24-25,27,34H,15-17H2,(H,31,36)/t24-,25-,27+/m1/s1. The van der Waals surface area contributed by atoms with Gasteiger partial charge < -0.3 is 20.2 Å². The van der Waals surface area contributed by atoms with E-state index in [2.05, 4.69) is 17.2 Å². The lowest BCUT2D eigenvalue weighted by atomic mass is 9.73. The molecule has 0 radical (unpaired) electrons. The van der Waals surface area contributed by atoms with E-state index in [1.807, 2.05) is 24.3 Å². The fraction of sp³-hybridized carbons (Fsp3) is 0.214. The Labute approximate surface area is 207 Å². The van der Waals surface area contributed by atoms with Crippen LogP contribution in [-0.4, -0.2) is 58.6 Å². The van der Waals surface area contributed by atoms with Crippen LogP contribution in [0.1, 0.15) is 22.6 Å². The Hall–Kier alpha value is -4.22. The van der Waals surface area contributed by atoms with E-state index >= 15 is 0 Å². The summed E-state index contributed by atoms with van der Waals surface area (Å²) in [6, 6.07) is 17.9. The van der Waals surface area contributed by atoms with E-state index < -0.39 is 11.8 Å². The zero-order chi connectivity index (χ0) is 25.2. The van der Waals surface area contributed by atoms with Gasteiger partial charge in [-0.1, -0.05) is 24.0 Å². The molecule has 0 saturated carbocycles. The number of aliphatic hydroxyl groups excluding tert-OH is 1. The first kappa shape index (κ1) is 23.5. The summed E-state index contributed by atoms with van der Waals surface area (Å²) in [6.45, 7) is 0.0392. The van der Waals surface area contributed by atoms with Gasteiger partial charge in [0.05, 0.1) is 18.7 Å². The van der Waals surface area contributed by atoms with Crippen molar-refractivity contribution in [1.29, 1.82) is 0 Å². The van der Waals surface area contributed by atoms with Crippen molar-refractivity contribution in [3.8, 4) is 11.8 Å². The third kappa shape index (κ3) is 4.66. The van der Waals surface area contributed by atoms with E-state index in [0.29, 0.717) is 17.8 Å². The Morgan fingerprint density at radius 1 is 0.917 bits per heavy atom. The second kappa shape index (κ2) is 9.80.